The Balaban J connectivity index is 1.14. The van der Waals surface area contributed by atoms with Crippen LogP contribution in [-0.4, -0.2) is 85.5 Å². The second-order valence-electron chi connectivity index (χ2n) is 12.6. The number of nitrogens with one attached hydrogen (secondary N) is 2. The highest BCUT2D eigenvalue weighted by molar-refractivity contribution is 5.95. The maximum atomic E-state index is 15.1. The van der Waals surface area contributed by atoms with Crippen molar-refractivity contribution >= 4 is 28.7 Å². The van der Waals surface area contributed by atoms with Crippen LogP contribution >= 0.6 is 0 Å². The molecule has 0 saturated carbocycles. The van der Waals surface area contributed by atoms with Crippen LogP contribution in [0.4, 0.5) is 20.5 Å². The molecule has 5 heterocycles. The molecular formula is C33H41F2N9O. The fourth-order valence-electron chi connectivity index (χ4n) is 6.59. The third-order valence-electron chi connectivity index (χ3n) is 8.99. The molecule has 45 heavy (non-hydrogen) atoms. The first-order valence-electron chi connectivity index (χ1n) is 15.8. The monoisotopic (exact) mass is 617 g/mol. The third kappa shape index (κ3) is 6.53. The van der Waals surface area contributed by atoms with E-state index in [2.05, 4.69) is 42.5 Å². The molecule has 10 nitrogen and oxygen atoms in total. The van der Waals surface area contributed by atoms with E-state index in [9.17, 15) is 9.18 Å². The van der Waals surface area contributed by atoms with Crippen LogP contribution in [0, 0.1) is 25.5 Å². The average Bonchev–Trinajstić information content (AvgIpc) is 3.36. The van der Waals surface area contributed by atoms with Crippen molar-refractivity contribution in [3.05, 3.63) is 59.2 Å². The molecule has 6 rings (SSSR count). The van der Waals surface area contributed by atoms with E-state index >= 15 is 4.39 Å². The van der Waals surface area contributed by atoms with Gasteiger partial charge in [0.1, 0.15) is 22.9 Å². The molecule has 2 aliphatic heterocycles. The molecule has 0 unspecified atom stereocenters. The van der Waals surface area contributed by atoms with Gasteiger partial charge in [0.15, 0.2) is 11.6 Å². The molecule has 1 aromatic carbocycles. The number of aromatic nitrogens is 5. The number of anilines is 2. The van der Waals surface area contributed by atoms with Crippen LogP contribution in [0.25, 0.3) is 22.3 Å². The van der Waals surface area contributed by atoms with Crippen molar-refractivity contribution in [2.45, 2.75) is 71.5 Å². The maximum Gasteiger partial charge on any atom is 0.255 e. The number of piperidine rings is 2. The van der Waals surface area contributed by atoms with Crippen molar-refractivity contribution in [3.63, 3.8) is 0 Å². The Bertz CT molecular complexity index is 1710. The number of pyridine rings is 1. The lowest BCUT2D eigenvalue weighted by Gasteiger charge is -2.37. The molecule has 0 atom stereocenters. The molecule has 0 radical (unpaired) electrons. The lowest BCUT2D eigenvalue weighted by molar-refractivity contribution is 0.0696. The Labute approximate surface area is 262 Å². The molecule has 238 valence electrons. The van der Waals surface area contributed by atoms with Crippen LogP contribution in [0.1, 0.15) is 67.4 Å². The Morgan fingerprint density at radius 2 is 1.62 bits per heavy atom. The van der Waals surface area contributed by atoms with E-state index in [-0.39, 0.29) is 34.7 Å². The van der Waals surface area contributed by atoms with E-state index in [0.717, 1.165) is 32.1 Å². The van der Waals surface area contributed by atoms with E-state index in [1.807, 2.05) is 30.2 Å². The standard InChI is InChI=1S/C33H41F2N9O/c1-19(2)44-21(4)38-31-26(34)16-22(17-28(31)44)30-27(35)18-36-33(41-30)40-29-7-6-25(20(3)37-29)32(45)43-14-10-24(11-15-43)39-23-8-12-42(5)13-9-23/h6-7,16-19,23-24,39H,8-15H2,1-5H3,(H,36,37,40,41). The lowest BCUT2D eigenvalue weighted by Crippen LogP contribution is -2.50. The minimum atomic E-state index is -0.679. The van der Waals surface area contributed by atoms with E-state index in [4.69, 9.17) is 0 Å². The summed E-state index contributed by atoms with van der Waals surface area (Å²) in [5.74, 6) is -0.0643. The second kappa shape index (κ2) is 12.8. The summed E-state index contributed by atoms with van der Waals surface area (Å²) in [5.41, 5.74) is 2.16. The van der Waals surface area contributed by atoms with Gasteiger partial charge in [-0.25, -0.2) is 28.7 Å². The summed E-state index contributed by atoms with van der Waals surface area (Å²) in [6.07, 6.45) is 5.26. The first-order valence-corrected chi connectivity index (χ1v) is 15.8. The minimum absolute atomic E-state index is 0.0297. The van der Waals surface area contributed by atoms with Gasteiger partial charge in [0.2, 0.25) is 5.95 Å². The summed E-state index contributed by atoms with van der Waals surface area (Å²) < 4.78 is 31.9. The van der Waals surface area contributed by atoms with Crippen LogP contribution in [-0.2, 0) is 0 Å². The summed E-state index contributed by atoms with van der Waals surface area (Å²) in [6.45, 7) is 11.2. The summed E-state index contributed by atoms with van der Waals surface area (Å²) in [7, 11) is 2.17. The fraction of sp³-hybridized carbons (Fsp3) is 0.485. The largest absolute Gasteiger partial charge is 0.338 e. The molecule has 3 aromatic heterocycles. The zero-order chi connectivity index (χ0) is 31.8. The van der Waals surface area contributed by atoms with E-state index in [1.165, 1.54) is 18.9 Å². The van der Waals surface area contributed by atoms with Crippen molar-refractivity contribution in [3.8, 4) is 11.3 Å². The van der Waals surface area contributed by atoms with Crippen molar-refractivity contribution in [1.29, 1.82) is 0 Å². The summed E-state index contributed by atoms with van der Waals surface area (Å²) >= 11 is 0. The van der Waals surface area contributed by atoms with Gasteiger partial charge in [-0.3, -0.25) is 4.79 Å². The van der Waals surface area contributed by atoms with Gasteiger partial charge in [0.05, 0.1) is 23.0 Å². The van der Waals surface area contributed by atoms with E-state index in [1.54, 1.807) is 25.1 Å². The second-order valence-corrected chi connectivity index (χ2v) is 12.6. The fourth-order valence-corrected chi connectivity index (χ4v) is 6.59. The van der Waals surface area contributed by atoms with Gasteiger partial charge >= 0.3 is 0 Å². The number of carbonyl (C=O) groups is 1. The number of likely N-dealkylation sites (tertiary alicyclic amines) is 2. The highest BCUT2D eigenvalue weighted by atomic mass is 19.1. The molecule has 0 bridgehead atoms. The number of benzene rings is 1. The van der Waals surface area contributed by atoms with Gasteiger partial charge in [-0.2, -0.15) is 0 Å². The summed E-state index contributed by atoms with van der Waals surface area (Å²) in [6, 6.07) is 7.42. The summed E-state index contributed by atoms with van der Waals surface area (Å²) in [4.78, 5) is 35.0. The Morgan fingerprint density at radius 1 is 0.933 bits per heavy atom. The van der Waals surface area contributed by atoms with Gasteiger partial charge in [0.25, 0.3) is 5.91 Å². The van der Waals surface area contributed by atoms with Crippen molar-refractivity contribution in [2.75, 3.05) is 38.5 Å². The molecule has 2 N–H and O–H groups in total. The molecule has 2 fully saturated rings. The number of carbonyl (C=O) groups excluding carboxylic acids is 1. The molecule has 0 spiro atoms. The highest BCUT2D eigenvalue weighted by Gasteiger charge is 2.27. The van der Waals surface area contributed by atoms with Crippen LogP contribution in [0.3, 0.4) is 0 Å². The minimum Gasteiger partial charge on any atom is -0.338 e. The molecule has 12 heteroatoms. The number of nitrogens with zero attached hydrogens (tertiary/aromatic N) is 7. The number of hydrogen-bond donors (Lipinski definition) is 2. The third-order valence-corrected chi connectivity index (χ3v) is 8.99. The zero-order valence-corrected chi connectivity index (χ0v) is 26.6. The van der Waals surface area contributed by atoms with Crippen LogP contribution < -0.4 is 10.6 Å². The topological polar surface area (TPSA) is 104 Å². The first kappa shape index (κ1) is 31.0. The van der Waals surface area contributed by atoms with E-state index < -0.39 is 11.6 Å². The van der Waals surface area contributed by atoms with E-state index in [0.29, 0.717) is 53.6 Å². The van der Waals surface area contributed by atoms with Gasteiger partial charge in [-0.1, -0.05) is 0 Å². The average molecular weight is 618 g/mol. The quantitative estimate of drug-likeness (QED) is 0.284. The molecular weight excluding hydrogens is 576 g/mol. The van der Waals surface area contributed by atoms with Crippen LogP contribution in [0.2, 0.25) is 0 Å². The summed E-state index contributed by atoms with van der Waals surface area (Å²) in [5, 5.41) is 6.83. The number of hydrogen-bond acceptors (Lipinski definition) is 8. The number of imidazole rings is 1. The number of amides is 1. The van der Waals surface area contributed by atoms with Gasteiger partial charge in [-0.15, -0.1) is 0 Å². The molecule has 4 aromatic rings. The SMILES string of the molecule is Cc1nc(Nc2ncc(F)c(-c3cc(F)c4nc(C)n(C(C)C)c4c3)n2)ccc1C(=O)N1CCC(NC2CCN(C)CC2)CC1. The highest BCUT2D eigenvalue weighted by Crippen LogP contribution is 2.30. The predicted octanol–water partition coefficient (Wildman–Crippen LogP) is 5.40. The van der Waals surface area contributed by atoms with Crippen molar-refractivity contribution in [1.82, 2.24) is 39.6 Å². The normalized spacial score (nSPS) is 17.0. The van der Waals surface area contributed by atoms with Crippen molar-refractivity contribution in [2.24, 2.45) is 0 Å². The number of rotatable bonds is 7. The Kier molecular flexibility index (Phi) is 8.78. The lowest BCUT2D eigenvalue weighted by atomic mass is 9.99. The van der Waals surface area contributed by atoms with Gasteiger partial charge < -0.3 is 25.0 Å². The zero-order valence-electron chi connectivity index (χ0n) is 26.6. The van der Waals surface area contributed by atoms with Crippen molar-refractivity contribution < 1.29 is 13.6 Å². The number of fused-ring (bicyclic) bond motifs is 1. The molecule has 1 amide bonds. The number of aryl methyl sites for hydroxylation is 2. The molecule has 2 aliphatic rings. The number of halogens is 2. The Morgan fingerprint density at radius 3 is 2.29 bits per heavy atom. The van der Waals surface area contributed by atoms with Gasteiger partial charge in [0, 0.05) is 36.8 Å². The smallest absolute Gasteiger partial charge is 0.255 e. The molecule has 2 saturated heterocycles. The van der Waals surface area contributed by atoms with Gasteiger partial charge in [-0.05, 0) is 97.8 Å². The maximum absolute atomic E-state index is 15.1. The Hall–Kier alpha value is -4.03. The predicted molar refractivity (Wildman–Crippen MR) is 171 cm³/mol. The van der Waals surface area contributed by atoms with Crippen LogP contribution in [0.5, 0.6) is 0 Å². The first-order chi connectivity index (χ1) is 21.6. The molecule has 0 aliphatic carbocycles. The van der Waals surface area contributed by atoms with Crippen LogP contribution in [0.15, 0.2) is 30.5 Å².